The monoisotopic (exact) mass is 210 g/mol. The topological polar surface area (TPSA) is 64.3 Å². The summed E-state index contributed by atoms with van der Waals surface area (Å²) in [5.41, 5.74) is 0. The molecule has 0 saturated carbocycles. The zero-order chi connectivity index (χ0) is 11.3. The van der Waals surface area contributed by atoms with E-state index >= 15 is 0 Å². The molecule has 4 nitrogen and oxygen atoms in total. The van der Waals surface area contributed by atoms with E-state index in [0.29, 0.717) is 13.0 Å². The molecule has 1 N–H and O–H groups in total. The van der Waals surface area contributed by atoms with E-state index in [1.807, 2.05) is 6.92 Å². The van der Waals surface area contributed by atoms with Gasteiger partial charge in [0.1, 0.15) is 5.92 Å². The van der Waals surface area contributed by atoms with Gasteiger partial charge in [-0.25, -0.2) is 0 Å². The number of hydrogen-bond acceptors (Lipinski definition) is 3. The molecule has 1 aliphatic heterocycles. The smallest absolute Gasteiger partial charge is 0.240 e. The number of rotatable bonds is 4. The van der Waals surface area contributed by atoms with Crippen LogP contribution in [0.15, 0.2) is 0 Å². The maximum Gasteiger partial charge on any atom is 0.240 e. The van der Waals surface area contributed by atoms with Gasteiger partial charge in [-0.05, 0) is 19.3 Å². The van der Waals surface area contributed by atoms with Crippen LogP contribution in [0.3, 0.4) is 0 Å². The fourth-order valence-electron chi connectivity index (χ4n) is 2.05. The second kappa shape index (κ2) is 5.72. The van der Waals surface area contributed by atoms with Crippen LogP contribution < -0.4 is 0 Å². The summed E-state index contributed by atoms with van der Waals surface area (Å²) in [5, 5.41) is 18.0. The van der Waals surface area contributed by atoms with Gasteiger partial charge in [-0.2, -0.15) is 5.26 Å². The zero-order valence-electron chi connectivity index (χ0n) is 9.15. The highest BCUT2D eigenvalue weighted by atomic mass is 16.3. The molecule has 2 atom stereocenters. The predicted octanol–water partition coefficient (Wildman–Crippen LogP) is 0.910. The van der Waals surface area contributed by atoms with Crippen molar-refractivity contribution in [3.63, 3.8) is 0 Å². The second-order valence-electron chi connectivity index (χ2n) is 3.98. The van der Waals surface area contributed by atoms with E-state index in [1.54, 1.807) is 4.90 Å². The molecule has 1 unspecified atom stereocenters. The van der Waals surface area contributed by atoms with E-state index in [-0.39, 0.29) is 18.6 Å². The van der Waals surface area contributed by atoms with Crippen LogP contribution >= 0.6 is 0 Å². The Labute approximate surface area is 90.5 Å². The molecule has 0 bridgehead atoms. The number of likely N-dealkylation sites (tertiary alicyclic amines) is 1. The first kappa shape index (κ1) is 12.0. The second-order valence-corrected chi connectivity index (χ2v) is 3.98. The first-order valence-corrected chi connectivity index (χ1v) is 5.55. The molecule has 1 rings (SSSR count). The van der Waals surface area contributed by atoms with Gasteiger partial charge in [0, 0.05) is 6.54 Å². The van der Waals surface area contributed by atoms with Crippen LogP contribution in [0.2, 0.25) is 0 Å². The Bertz CT molecular complexity index is 260. The zero-order valence-corrected chi connectivity index (χ0v) is 9.15. The lowest BCUT2D eigenvalue weighted by atomic mass is 10.0. The van der Waals surface area contributed by atoms with E-state index in [4.69, 9.17) is 10.4 Å². The van der Waals surface area contributed by atoms with Crippen molar-refractivity contribution in [1.82, 2.24) is 4.90 Å². The molecule has 0 spiro atoms. The number of nitriles is 1. The quantitative estimate of drug-likeness (QED) is 0.750. The largest absolute Gasteiger partial charge is 0.394 e. The van der Waals surface area contributed by atoms with Crippen LogP contribution in [0, 0.1) is 17.2 Å². The minimum Gasteiger partial charge on any atom is -0.394 e. The van der Waals surface area contributed by atoms with Crippen LogP contribution in [-0.2, 0) is 4.79 Å². The van der Waals surface area contributed by atoms with Crippen molar-refractivity contribution in [3.8, 4) is 6.07 Å². The summed E-state index contributed by atoms with van der Waals surface area (Å²) in [4.78, 5) is 13.6. The van der Waals surface area contributed by atoms with Gasteiger partial charge >= 0.3 is 0 Å². The Morgan fingerprint density at radius 1 is 1.73 bits per heavy atom. The molecule has 0 aliphatic carbocycles. The third-order valence-corrected chi connectivity index (χ3v) is 2.90. The Balaban J connectivity index is 2.62. The predicted molar refractivity (Wildman–Crippen MR) is 55.8 cm³/mol. The molecule has 0 aromatic rings. The van der Waals surface area contributed by atoms with Gasteiger partial charge in [0.2, 0.25) is 5.91 Å². The van der Waals surface area contributed by atoms with Crippen LogP contribution in [0.1, 0.15) is 32.6 Å². The molecule has 1 amide bonds. The van der Waals surface area contributed by atoms with Crippen LogP contribution in [0.25, 0.3) is 0 Å². The number of carbonyl (C=O) groups excluding carboxylic acids is 1. The molecule has 1 heterocycles. The van der Waals surface area contributed by atoms with E-state index in [9.17, 15) is 4.79 Å². The summed E-state index contributed by atoms with van der Waals surface area (Å²) in [5.74, 6) is -0.627. The maximum atomic E-state index is 11.9. The SMILES string of the molecule is CCCC(C#N)C(=O)N1CCC[C@@H]1CO. The average molecular weight is 210 g/mol. The van der Waals surface area contributed by atoms with Crippen LogP contribution in [-0.4, -0.2) is 35.1 Å². The summed E-state index contributed by atoms with van der Waals surface area (Å²) in [6.07, 6.45) is 3.24. The molecule has 1 aliphatic rings. The van der Waals surface area contributed by atoms with Gasteiger partial charge in [0.05, 0.1) is 18.7 Å². The van der Waals surface area contributed by atoms with Gasteiger partial charge in [0.15, 0.2) is 0 Å². The van der Waals surface area contributed by atoms with Crippen molar-refractivity contribution in [3.05, 3.63) is 0 Å². The van der Waals surface area contributed by atoms with E-state index in [1.165, 1.54) is 0 Å². The summed E-state index contributed by atoms with van der Waals surface area (Å²) in [6.45, 7) is 2.66. The molecule has 15 heavy (non-hydrogen) atoms. The lowest BCUT2D eigenvalue weighted by Gasteiger charge is -2.25. The Morgan fingerprint density at radius 3 is 3.00 bits per heavy atom. The standard InChI is InChI=1S/C11H18N2O2/c1-2-4-9(7-12)11(15)13-6-3-5-10(13)8-14/h9-10,14H,2-6,8H2,1H3/t9?,10-/m1/s1. The first-order chi connectivity index (χ1) is 7.24. The summed E-state index contributed by atoms with van der Waals surface area (Å²) in [7, 11) is 0. The van der Waals surface area contributed by atoms with Crippen LogP contribution in [0.4, 0.5) is 0 Å². The van der Waals surface area contributed by atoms with Crippen molar-refractivity contribution in [2.24, 2.45) is 5.92 Å². The van der Waals surface area contributed by atoms with Crippen molar-refractivity contribution in [2.45, 2.75) is 38.6 Å². The van der Waals surface area contributed by atoms with Crippen molar-refractivity contribution < 1.29 is 9.90 Å². The summed E-state index contributed by atoms with van der Waals surface area (Å²) >= 11 is 0. The van der Waals surface area contributed by atoms with Crippen molar-refractivity contribution in [2.75, 3.05) is 13.2 Å². The number of carbonyl (C=O) groups is 1. The molecular weight excluding hydrogens is 192 g/mol. The molecule has 0 aromatic carbocycles. The van der Waals surface area contributed by atoms with Gasteiger partial charge in [-0.1, -0.05) is 13.3 Å². The maximum absolute atomic E-state index is 11.9. The molecule has 0 radical (unpaired) electrons. The minimum atomic E-state index is -0.526. The van der Waals surface area contributed by atoms with E-state index < -0.39 is 5.92 Å². The molecule has 4 heteroatoms. The lowest BCUT2D eigenvalue weighted by Crippen LogP contribution is -2.41. The number of nitrogens with zero attached hydrogens (tertiary/aromatic N) is 2. The Hall–Kier alpha value is -1.08. The summed E-state index contributed by atoms with van der Waals surface area (Å²) < 4.78 is 0. The van der Waals surface area contributed by atoms with E-state index in [0.717, 1.165) is 19.3 Å². The molecule has 0 aromatic heterocycles. The van der Waals surface area contributed by atoms with E-state index in [2.05, 4.69) is 6.07 Å². The highest BCUT2D eigenvalue weighted by Gasteiger charge is 2.32. The summed E-state index contributed by atoms with van der Waals surface area (Å²) in [6, 6.07) is 1.99. The number of amides is 1. The molecule has 84 valence electrons. The molecular formula is C11H18N2O2. The Kier molecular flexibility index (Phi) is 4.57. The average Bonchev–Trinajstić information content (AvgIpc) is 2.72. The highest BCUT2D eigenvalue weighted by molar-refractivity contribution is 5.81. The normalized spacial score (nSPS) is 22.5. The highest BCUT2D eigenvalue weighted by Crippen LogP contribution is 2.20. The number of aliphatic hydroxyl groups is 1. The third kappa shape index (κ3) is 2.69. The fourth-order valence-corrected chi connectivity index (χ4v) is 2.05. The number of hydrogen-bond donors (Lipinski definition) is 1. The molecule has 1 fully saturated rings. The van der Waals surface area contributed by atoms with Crippen LogP contribution in [0.5, 0.6) is 0 Å². The first-order valence-electron chi connectivity index (χ1n) is 5.55. The van der Waals surface area contributed by atoms with Gasteiger partial charge in [-0.3, -0.25) is 4.79 Å². The lowest BCUT2D eigenvalue weighted by molar-refractivity contribution is -0.135. The third-order valence-electron chi connectivity index (χ3n) is 2.90. The molecule has 1 saturated heterocycles. The van der Waals surface area contributed by atoms with Gasteiger partial charge in [-0.15, -0.1) is 0 Å². The fraction of sp³-hybridized carbons (Fsp3) is 0.818. The van der Waals surface area contributed by atoms with Crippen molar-refractivity contribution in [1.29, 1.82) is 5.26 Å². The van der Waals surface area contributed by atoms with Crippen molar-refractivity contribution >= 4 is 5.91 Å². The minimum absolute atomic E-state index is 0.00993. The van der Waals surface area contributed by atoms with Gasteiger partial charge < -0.3 is 10.0 Å². The number of aliphatic hydroxyl groups excluding tert-OH is 1. The van der Waals surface area contributed by atoms with Gasteiger partial charge in [0.25, 0.3) is 0 Å². The Morgan fingerprint density at radius 2 is 2.47 bits per heavy atom.